The van der Waals surface area contributed by atoms with Gasteiger partial charge in [0, 0.05) is 17.2 Å². The van der Waals surface area contributed by atoms with Crippen molar-refractivity contribution in [1.29, 1.82) is 0 Å². The highest BCUT2D eigenvalue weighted by Crippen LogP contribution is 2.34. The highest BCUT2D eigenvalue weighted by molar-refractivity contribution is 5.66. The molecule has 5 heteroatoms. The van der Waals surface area contributed by atoms with E-state index in [0.29, 0.717) is 11.7 Å². The van der Waals surface area contributed by atoms with Crippen molar-refractivity contribution in [3.63, 3.8) is 0 Å². The van der Waals surface area contributed by atoms with Crippen LogP contribution in [0, 0.1) is 6.92 Å². The topological polar surface area (TPSA) is 65.3 Å². The van der Waals surface area contributed by atoms with E-state index in [9.17, 15) is 0 Å². The number of aliphatic hydroxyl groups is 1. The van der Waals surface area contributed by atoms with E-state index in [0.717, 1.165) is 38.2 Å². The second-order valence-corrected chi connectivity index (χ2v) is 7.14. The highest BCUT2D eigenvalue weighted by Gasteiger charge is 2.25. The van der Waals surface area contributed by atoms with Crippen LogP contribution in [0.1, 0.15) is 41.5 Å². The van der Waals surface area contributed by atoms with Gasteiger partial charge in [0.2, 0.25) is 0 Å². The van der Waals surface area contributed by atoms with Crippen LogP contribution in [0.5, 0.6) is 0 Å². The summed E-state index contributed by atoms with van der Waals surface area (Å²) < 4.78 is 5.61. The fourth-order valence-corrected chi connectivity index (χ4v) is 3.84. The summed E-state index contributed by atoms with van der Waals surface area (Å²) in [6.45, 7) is 4.96. The zero-order valence-electron chi connectivity index (χ0n) is 15.1. The predicted octanol–water partition coefficient (Wildman–Crippen LogP) is 3.85. The SMILES string of the molecule is Cc1cccc(-c2cn[nH]c2C2CCN(Cc3ccc(CO)o3)CC2)c1. The van der Waals surface area contributed by atoms with Crippen molar-refractivity contribution in [2.45, 2.75) is 38.8 Å². The molecular weight excluding hydrogens is 326 g/mol. The van der Waals surface area contributed by atoms with Gasteiger partial charge in [-0.25, -0.2) is 0 Å². The van der Waals surface area contributed by atoms with Crippen molar-refractivity contribution >= 4 is 0 Å². The van der Waals surface area contributed by atoms with Crippen molar-refractivity contribution in [2.24, 2.45) is 0 Å². The molecule has 0 unspecified atom stereocenters. The number of rotatable bonds is 5. The van der Waals surface area contributed by atoms with Gasteiger partial charge >= 0.3 is 0 Å². The Hall–Kier alpha value is -2.37. The number of aliphatic hydroxyl groups excluding tert-OH is 1. The Morgan fingerprint density at radius 3 is 2.73 bits per heavy atom. The summed E-state index contributed by atoms with van der Waals surface area (Å²) in [6.07, 6.45) is 4.17. The summed E-state index contributed by atoms with van der Waals surface area (Å²) in [4.78, 5) is 2.42. The molecular formula is C21H25N3O2. The first-order valence-corrected chi connectivity index (χ1v) is 9.24. The lowest BCUT2D eigenvalue weighted by Crippen LogP contribution is -2.32. The third-order valence-electron chi connectivity index (χ3n) is 5.25. The number of aryl methyl sites for hydroxylation is 1. The van der Waals surface area contributed by atoms with Crippen LogP contribution in [0.4, 0.5) is 0 Å². The Kier molecular flexibility index (Phi) is 4.91. The maximum atomic E-state index is 9.12. The van der Waals surface area contributed by atoms with Crippen molar-refractivity contribution in [3.8, 4) is 11.1 Å². The molecule has 0 amide bonds. The van der Waals surface area contributed by atoms with E-state index in [1.165, 1.54) is 22.4 Å². The van der Waals surface area contributed by atoms with E-state index >= 15 is 0 Å². The lowest BCUT2D eigenvalue weighted by atomic mass is 9.89. The second kappa shape index (κ2) is 7.48. The number of piperidine rings is 1. The molecule has 5 nitrogen and oxygen atoms in total. The van der Waals surface area contributed by atoms with Crippen molar-refractivity contribution in [1.82, 2.24) is 15.1 Å². The maximum absolute atomic E-state index is 9.12. The number of nitrogens with zero attached hydrogens (tertiary/aromatic N) is 2. The van der Waals surface area contributed by atoms with Crippen LogP contribution in [0.2, 0.25) is 0 Å². The third kappa shape index (κ3) is 3.59. The molecule has 4 rings (SSSR count). The predicted molar refractivity (Wildman–Crippen MR) is 101 cm³/mol. The van der Waals surface area contributed by atoms with Gasteiger partial charge in [-0.05, 0) is 50.6 Å². The minimum absolute atomic E-state index is 0.0381. The lowest BCUT2D eigenvalue weighted by molar-refractivity contribution is 0.183. The number of H-pyrrole nitrogens is 1. The van der Waals surface area contributed by atoms with Gasteiger partial charge in [-0.15, -0.1) is 0 Å². The van der Waals surface area contributed by atoms with E-state index in [4.69, 9.17) is 9.52 Å². The van der Waals surface area contributed by atoms with E-state index in [1.54, 1.807) is 0 Å². The molecule has 0 atom stereocenters. The standard InChI is InChI=1S/C21H25N3O2/c1-15-3-2-4-17(11-15)20-12-22-23-21(20)16-7-9-24(10-8-16)13-18-5-6-19(14-25)26-18/h2-6,11-12,16,25H,7-10,13-14H2,1H3,(H,22,23). The molecule has 1 fully saturated rings. The zero-order valence-corrected chi connectivity index (χ0v) is 15.1. The Morgan fingerprint density at radius 1 is 1.19 bits per heavy atom. The Bertz CT molecular complexity index is 860. The van der Waals surface area contributed by atoms with E-state index in [2.05, 4.69) is 46.3 Å². The van der Waals surface area contributed by atoms with Gasteiger partial charge < -0.3 is 9.52 Å². The molecule has 0 saturated carbocycles. The Morgan fingerprint density at radius 2 is 2.00 bits per heavy atom. The van der Waals surface area contributed by atoms with Crippen LogP contribution in [0.3, 0.4) is 0 Å². The first kappa shape index (κ1) is 17.1. The summed E-state index contributed by atoms with van der Waals surface area (Å²) in [5, 5.41) is 16.7. The smallest absolute Gasteiger partial charge is 0.129 e. The van der Waals surface area contributed by atoms with Crippen molar-refractivity contribution < 1.29 is 9.52 Å². The van der Waals surface area contributed by atoms with Crippen molar-refractivity contribution in [3.05, 3.63) is 65.4 Å². The van der Waals surface area contributed by atoms with Crippen LogP contribution in [-0.4, -0.2) is 33.3 Å². The lowest BCUT2D eigenvalue weighted by Gasteiger charge is -2.31. The van der Waals surface area contributed by atoms with Gasteiger partial charge in [0.25, 0.3) is 0 Å². The molecule has 3 aromatic rings. The largest absolute Gasteiger partial charge is 0.462 e. The van der Waals surface area contributed by atoms with Gasteiger partial charge in [-0.3, -0.25) is 10.00 Å². The average Bonchev–Trinajstić information content (AvgIpc) is 3.32. The van der Waals surface area contributed by atoms with E-state index in [-0.39, 0.29) is 6.61 Å². The molecule has 2 aromatic heterocycles. The number of furan rings is 1. The zero-order chi connectivity index (χ0) is 17.9. The molecule has 26 heavy (non-hydrogen) atoms. The molecule has 1 saturated heterocycles. The molecule has 0 aliphatic carbocycles. The fraction of sp³-hybridized carbons (Fsp3) is 0.381. The quantitative estimate of drug-likeness (QED) is 0.733. The molecule has 0 spiro atoms. The van der Waals surface area contributed by atoms with Crippen LogP contribution >= 0.6 is 0 Å². The third-order valence-corrected chi connectivity index (χ3v) is 5.25. The normalized spacial score (nSPS) is 16.2. The first-order valence-electron chi connectivity index (χ1n) is 9.24. The molecule has 0 radical (unpaired) electrons. The Balaban J connectivity index is 1.42. The van der Waals surface area contributed by atoms with E-state index < -0.39 is 0 Å². The molecule has 1 aliphatic rings. The number of aromatic nitrogens is 2. The fourth-order valence-electron chi connectivity index (χ4n) is 3.84. The second-order valence-electron chi connectivity index (χ2n) is 7.14. The van der Waals surface area contributed by atoms with Gasteiger partial charge in [0.15, 0.2) is 0 Å². The number of nitrogens with one attached hydrogen (secondary N) is 1. The van der Waals surface area contributed by atoms with Gasteiger partial charge in [-0.2, -0.15) is 5.10 Å². The molecule has 3 heterocycles. The number of benzene rings is 1. The van der Waals surface area contributed by atoms with Crippen LogP contribution < -0.4 is 0 Å². The number of aromatic amines is 1. The maximum Gasteiger partial charge on any atom is 0.129 e. The first-order chi connectivity index (χ1) is 12.7. The van der Waals surface area contributed by atoms with Gasteiger partial charge in [-0.1, -0.05) is 29.8 Å². The molecule has 1 aromatic carbocycles. The number of hydrogen-bond donors (Lipinski definition) is 2. The monoisotopic (exact) mass is 351 g/mol. The minimum atomic E-state index is -0.0381. The summed E-state index contributed by atoms with van der Waals surface area (Å²) in [7, 11) is 0. The summed E-state index contributed by atoms with van der Waals surface area (Å²) in [6, 6.07) is 12.4. The summed E-state index contributed by atoms with van der Waals surface area (Å²) in [5.41, 5.74) is 5.00. The Labute approximate surface area is 153 Å². The van der Waals surface area contributed by atoms with Crippen LogP contribution in [0.15, 0.2) is 47.0 Å². The number of likely N-dealkylation sites (tertiary alicyclic amines) is 1. The van der Waals surface area contributed by atoms with Crippen LogP contribution in [0.25, 0.3) is 11.1 Å². The molecule has 1 aliphatic heterocycles. The number of hydrogen-bond acceptors (Lipinski definition) is 4. The van der Waals surface area contributed by atoms with Gasteiger partial charge in [0.05, 0.1) is 12.7 Å². The van der Waals surface area contributed by atoms with E-state index in [1.807, 2.05) is 18.3 Å². The summed E-state index contributed by atoms with van der Waals surface area (Å²) >= 11 is 0. The minimum Gasteiger partial charge on any atom is -0.462 e. The average molecular weight is 351 g/mol. The van der Waals surface area contributed by atoms with Crippen molar-refractivity contribution in [2.75, 3.05) is 13.1 Å². The van der Waals surface area contributed by atoms with Gasteiger partial charge in [0.1, 0.15) is 18.1 Å². The highest BCUT2D eigenvalue weighted by atomic mass is 16.4. The molecule has 136 valence electrons. The van der Waals surface area contributed by atoms with Crippen LogP contribution in [-0.2, 0) is 13.2 Å². The molecule has 0 bridgehead atoms. The summed E-state index contributed by atoms with van der Waals surface area (Å²) in [5.74, 6) is 2.07. The molecule has 2 N–H and O–H groups in total.